The van der Waals surface area contributed by atoms with Gasteiger partial charge in [0.15, 0.2) is 0 Å². The minimum atomic E-state index is -0.887. The largest absolute Gasteiger partial charge is 0.478 e. The summed E-state index contributed by atoms with van der Waals surface area (Å²) in [6.45, 7) is 12.0. The summed E-state index contributed by atoms with van der Waals surface area (Å²) in [5, 5.41) is 9.03. The number of carboxylic acid groups (broad SMARTS) is 1. The molecule has 0 aliphatic carbocycles. The van der Waals surface area contributed by atoms with Crippen molar-refractivity contribution in [2.75, 3.05) is 50.7 Å². The van der Waals surface area contributed by atoms with Gasteiger partial charge in [0.25, 0.3) is 0 Å². The number of aromatic carboxylic acids is 1. The van der Waals surface area contributed by atoms with Crippen LogP contribution in [-0.2, 0) is 4.74 Å². The van der Waals surface area contributed by atoms with E-state index in [-0.39, 0.29) is 6.09 Å². The highest BCUT2D eigenvalue weighted by atomic mass is 16.6. The molecule has 1 amide bonds. The average molecular weight is 404 g/mol. The van der Waals surface area contributed by atoms with Crippen molar-refractivity contribution < 1.29 is 19.4 Å². The zero-order valence-corrected chi connectivity index (χ0v) is 17.8. The summed E-state index contributed by atoms with van der Waals surface area (Å²) < 4.78 is 5.47. The van der Waals surface area contributed by atoms with Crippen LogP contribution in [0.4, 0.5) is 10.5 Å². The number of amides is 1. The Balaban J connectivity index is 1.40. The van der Waals surface area contributed by atoms with E-state index in [1.165, 1.54) is 0 Å². The van der Waals surface area contributed by atoms with E-state index in [4.69, 9.17) is 9.84 Å². The van der Waals surface area contributed by atoms with Gasteiger partial charge in [0.2, 0.25) is 0 Å². The van der Waals surface area contributed by atoms with Crippen molar-refractivity contribution in [3.63, 3.8) is 0 Å². The number of carboxylic acids is 1. The molecule has 2 fully saturated rings. The number of carbonyl (C=O) groups is 2. The number of rotatable bonds is 4. The predicted octanol–water partition coefficient (Wildman–Crippen LogP) is 3.15. The monoisotopic (exact) mass is 403 g/mol. The van der Waals surface area contributed by atoms with Gasteiger partial charge in [-0.1, -0.05) is 0 Å². The first kappa shape index (κ1) is 21.4. The van der Waals surface area contributed by atoms with Crippen molar-refractivity contribution >= 4 is 17.7 Å². The van der Waals surface area contributed by atoms with Crippen molar-refractivity contribution in [3.05, 3.63) is 29.8 Å². The molecule has 3 rings (SSSR count). The minimum absolute atomic E-state index is 0.209. The standard InChI is InChI=1S/C22H33N3O4/c1-22(2,3)29-21(28)25-14-12-23(13-15-25)16-17-8-10-24(11-9-17)19-6-4-18(5-7-19)20(26)27/h4-7,17H,8-16H2,1-3H3,(H,26,27). The Bertz CT molecular complexity index is 698. The van der Waals surface area contributed by atoms with Crippen LogP contribution < -0.4 is 4.90 Å². The summed E-state index contributed by atoms with van der Waals surface area (Å²) in [4.78, 5) is 29.8. The van der Waals surface area contributed by atoms with Crippen LogP contribution in [-0.4, -0.2) is 78.4 Å². The van der Waals surface area contributed by atoms with Gasteiger partial charge in [0.05, 0.1) is 5.56 Å². The van der Waals surface area contributed by atoms with E-state index in [1.54, 1.807) is 12.1 Å². The van der Waals surface area contributed by atoms with Crippen LogP contribution in [0.15, 0.2) is 24.3 Å². The molecule has 29 heavy (non-hydrogen) atoms. The minimum Gasteiger partial charge on any atom is -0.478 e. The molecule has 160 valence electrons. The Morgan fingerprint density at radius 3 is 2.10 bits per heavy atom. The molecule has 2 heterocycles. The quantitative estimate of drug-likeness (QED) is 0.833. The zero-order chi connectivity index (χ0) is 21.0. The van der Waals surface area contributed by atoms with E-state index in [9.17, 15) is 9.59 Å². The van der Waals surface area contributed by atoms with E-state index < -0.39 is 11.6 Å². The zero-order valence-electron chi connectivity index (χ0n) is 17.8. The lowest BCUT2D eigenvalue weighted by Gasteiger charge is -2.39. The second-order valence-corrected chi connectivity index (χ2v) is 9.05. The van der Waals surface area contributed by atoms with E-state index in [0.717, 1.165) is 64.3 Å². The van der Waals surface area contributed by atoms with Crippen LogP contribution in [0.2, 0.25) is 0 Å². The van der Waals surface area contributed by atoms with E-state index in [1.807, 2.05) is 37.8 Å². The molecule has 2 saturated heterocycles. The molecule has 1 N–H and O–H groups in total. The lowest BCUT2D eigenvalue weighted by atomic mass is 9.95. The van der Waals surface area contributed by atoms with Crippen LogP contribution in [0, 0.1) is 5.92 Å². The fourth-order valence-electron chi connectivity index (χ4n) is 3.99. The van der Waals surface area contributed by atoms with Crippen LogP contribution in [0.25, 0.3) is 0 Å². The number of hydrogen-bond acceptors (Lipinski definition) is 5. The number of ether oxygens (including phenoxy) is 1. The van der Waals surface area contributed by atoms with Gasteiger partial charge in [-0.15, -0.1) is 0 Å². The third kappa shape index (κ3) is 6.10. The molecule has 0 atom stereocenters. The Morgan fingerprint density at radius 1 is 1.00 bits per heavy atom. The van der Waals surface area contributed by atoms with E-state index in [2.05, 4.69) is 9.80 Å². The van der Waals surface area contributed by atoms with Crippen molar-refractivity contribution in [2.24, 2.45) is 5.92 Å². The first-order valence-corrected chi connectivity index (χ1v) is 10.5. The molecule has 7 nitrogen and oxygen atoms in total. The summed E-state index contributed by atoms with van der Waals surface area (Å²) in [6, 6.07) is 7.15. The van der Waals surface area contributed by atoms with Gasteiger partial charge in [0.1, 0.15) is 5.60 Å². The first-order chi connectivity index (χ1) is 13.7. The van der Waals surface area contributed by atoms with Gasteiger partial charge in [-0.3, -0.25) is 4.90 Å². The number of hydrogen-bond donors (Lipinski definition) is 1. The lowest BCUT2D eigenvalue weighted by Crippen LogP contribution is -2.51. The topological polar surface area (TPSA) is 73.3 Å². The van der Waals surface area contributed by atoms with Gasteiger partial charge in [0, 0.05) is 51.5 Å². The van der Waals surface area contributed by atoms with Crippen LogP contribution >= 0.6 is 0 Å². The number of benzene rings is 1. The van der Waals surface area contributed by atoms with Gasteiger partial charge in [-0.25, -0.2) is 9.59 Å². The summed E-state index contributed by atoms with van der Waals surface area (Å²) in [6.07, 6.45) is 2.05. The van der Waals surface area contributed by atoms with Gasteiger partial charge in [-0.2, -0.15) is 0 Å². The highest BCUT2D eigenvalue weighted by molar-refractivity contribution is 5.88. The highest BCUT2D eigenvalue weighted by Crippen LogP contribution is 2.25. The predicted molar refractivity (Wildman–Crippen MR) is 113 cm³/mol. The van der Waals surface area contributed by atoms with Gasteiger partial charge in [-0.05, 0) is 63.8 Å². The van der Waals surface area contributed by atoms with Gasteiger partial charge >= 0.3 is 12.1 Å². The molecule has 2 aliphatic rings. The average Bonchev–Trinajstić information content (AvgIpc) is 2.68. The molecule has 2 aliphatic heterocycles. The number of piperidine rings is 1. The molecular weight excluding hydrogens is 370 g/mol. The summed E-state index contributed by atoms with van der Waals surface area (Å²) in [7, 11) is 0. The Labute approximate surface area is 173 Å². The molecule has 1 aromatic carbocycles. The molecule has 7 heteroatoms. The second kappa shape index (κ2) is 9.03. The SMILES string of the molecule is CC(C)(C)OC(=O)N1CCN(CC2CCN(c3ccc(C(=O)O)cc3)CC2)CC1. The first-order valence-electron chi connectivity index (χ1n) is 10.5. The second-order valence-electron chi connectivity index (χ2n) is 9.05. The summed E-state index contributed by atoms with van der Waals surface area (Å²) in [5.41, 5.74) is 0.976. The van der Waals surface area contributed by atoms with Crippen LogP contribution in [0.3, 0.4) is 0 Å². The van der Waals surface area contributed by atoms with Crippen molar-refractivity contribution in [1.82, 2.24) is 9.80 Å². The number of carbonyl (C=O) groups excluding carboxylic acids is 1. The highest BCUT2D eigenvalue weighted by Gasteiger charge is 2.28. The smallest absolute Gasteiger partial charge is 0.410 e. The molecule has 0 radical (unpaired) electrons. The maximum atomic E-state index is 12.2. The van der Waals surface area contributed by atoms with Crippen molar-refractivity contribution in [3.8, 4) is 0 Å². The normalized spacial score (nSPS) is 19.3. The maximum Gasteiger partial charge on any atom is 0.410 e. The molecule has 0 saturated carbocycles. The fourth-order valence-corrected chi connectivity index (χ4v) is 3.99. The molecule has 0 aromatic heterocycles. The Kier molecular flexibility index (Phi) is 6.67. The molecule has 1 aromatic rings. The summed E-state index contributed by atoms with van der Waals surface area (Å²) >= 11 is 0. The van der Waals surface area contributed by atoms with Crippen molar-refractivity contribution in [2.45, 2.75) is 39.2 Å². The Morgan fingerprint density at radius 2 is 1.59 bits per heavy atom. The third-order valence-corrected chi connectivity index (χ3v) is 5.63. The van der Waals surface area contributed by atoms with E-state index >= 15 is 0 Å². The van der Waals surface area contributed by atoms with Crippen LogP contribution in [0.5, 0.6) is 0 Å². The van der Waals surface area contributed by atoms with Gasteiger partial charge < -0.3 is 19.6 Å². The number of anilines is 1. The third-order valence-electron chi connectivity index (χ3n) is 5.63. The molecule has 0 bridgehead atoms. The lowest BCUT2D eigenvalue weighted by molar-refractivity contribution is 0.0130. The fraction of sp³-hybridized carbons (Fsp3) is 0.636. The number of nitrogens with zero attached hydrogens (tertiary/aromatic N) is 3. The van der Waals surface area contributed by atoms with Crippen molar-refractivity contribution in [1.29, 1.82) is 0 Å². The maximum absolute atomic E-state index is 12.2. The Hall–Kier alpha value is -2.28. The molecular formula is C22H33N3O4. The van der Waals surface area contributed by atoms with E-state index in [0.29, 0.717) is 11.5 Å². The van der Waals surface area contributed by atoms with Crippen LogP contribution in [0.1, 0.15) is 44.0 Å². The number of piperazine rings is 1. The molecule has 0 unspecified atom stereocenters. The summed E-state index contributed by atoms with van der Waals surface area (Å²) in [5.74, 6) is -0.223. The molecule has 0 spiro atoms.